The van der Waals surface area contributed by atoms with Crippen molar-refractivity contribution in [3.05, 3.63) is 34.3 Å². The Morgan fingerprint density at radius 3 is 2.42 bits per heavy atom. The third-order valence-electron chi connectivity index (χ3n) is 1.92. The van der Waals surface area contributed by atoms with Gasteiger partial charge >= 0.3 is 0 Å². The van der Waals surface area contributed by atoms with Crippen LogP contribution in [0.5, 0.6) is 0 Å². The van der Waals surface area contributed by atoms with E-state index in [4.69, 9.17) is 10.00 Å². The number of epoxide rings is 1. The zero-order valence-corrected chi connectivity index (χ0v) is 7.84. The maximum Gasteiger partial charge on any atom is 0.203 e. The SMILES string of the molecule is N#CC1(c2ccc(Br)cc2)CO1. The summed E-state index contributed by atoms with van der Waals surface area (Å²) in [6.07, 6.45) is 0. The van der Waals surface area contributed by atoms with Crippen LogP contribution in [0.15, 0.2) is 28.7 Å². The van der Waals surface area contributed by atoms with Crippen LogP contribution in [-0.2, 0) is 10.3 Å². The van der Waals surface area contributed by atoms with Crippen LogP contribution in [0.25, 0.3) is 0 Å². The summed E-state index contributed by atoms with van der Waals surface area (Å²) < 4.78 is 6.11. The molecule has 0 aliphatic carbocycles. The van der Waals surface area contributed by atoms with Gasteiger partial charge in [-0.05, 0) is 12.1 Å². The first kappa shape index (κ1) is 7.78. The van der Waals surface area contributed by atoms with Crippen molar-refractivity contribution in [2.45, 2.75) is 5.60 Å². The van der Waals surface area contributed by atoms with Gasteiger partial charge in [0.25, 0.3) is 0 Å². The molecule has 0 amide bonds. The molecular weight excluding hydrogens is 218 g/mol. The first-order valence-electron chi connectivity index (χ1n) is 3.58. The van der Waals surface area contributed by atoms with E-state index < -0.39 is 5.60 Å². The van der Waals surface area contributed by atoms with E-state index in [2.05, 4.69) is 22.0 Å². The minimum absolute atomic E-state index is 0.519. The number of nitrogens with zero attached hydrogens (tertiary/aromatic N) is 1. The van der Waals surface area contributed by atoms with Crippen LogP contribution in [0.2, 0.25) is 0 Å². The van der Waals surface area contributed by atoms with Gasteiger partial charge in [0, 0.05) is 10.0 Å². The smallest absolute Gasteiger partial charge is 0.203 e. The molecule has 1 heterocycles. The van der Waals surface area contributed by atoms with Gasteiger partial charge in [0.15, 0.2) is 0 Å². The lowest BCUT2D eigenvalue weighted by Crippen LogP contribution is -2.03. The van der Waals surface area contributed by atoms with Gasteiger partial charge in [-0.15, -0.1) is 0 Å². The van der Waals surface area contributed by atoms with Crippen LogP contribution in [-0.4, -0.2) is 6.61 Å². The highest BCUT2D eigenvalue weighted by atomic mass is 79.9. The Labute approximate surface area is 78.9 Å². The lowest BCUT2D eigenvalue weighted by atomic mass is 10.0. The van der Waals surface area contributed by atoms with Crippen LogP contribution < -0.4 is 0 Å². The molecule has 0 radical (unpaired) electrons. The summed E-state index contributed by atoms with van der Waals surface area (Å²) in [5.41, 5.74) is 0.300. The number of rotatable bonds is 1. The molecule has 12 heavy (non-hydrogen) atoms. The van der Waals surface area contributed by atoms with Gasteiger partial charge in [-0.2, -0.15) is 5.26 Å². The number of halogens is 1. The van der Waals surface area contributed by atoms with E-state index >= 15 is 0 Å². The number of hydrogen-bond acceptors (Lipinski definition) is 2. The van der Waals surface area contributed by atoms with Gasteiger partial charge < -0.3 is 4.74 Å². The van der Waals surface area contributed by atoms with Crippen LogP contribution in [0.4, 0.5) is 0 Å². The molecule has 2 rings (SSSR count). The van der Waals surface area contributed by atoms with Gasteiger partial charge in [-0.1, -0.05) is 28.1 Å². The Morgan fingerprint density at radius 1 is 1.42 bits per heavy atom. The highest BCUT2D eigenvalue weighted by molar-refractivity contribution is 9.10. The topological polar surface area (TPSA) is 36.3 Å². The van der Waals surface area contributed by atoms with E-state index in [0.717, 1.165) is 10.0 Å². The van der Waals surface area contributed by atoms with Crippen LogP contribution in [0.1, 0.15) is 5.56 Å². The molecule has 1 atom stereocenters. The fraction of sp³-hybridized carbons (Fsp3) is 0.222. The quantitative estimate of drug-likeness (QED) is 0.685. The van der Waals surface area contributed by atoms with Crippen molar-refractivity contribution in [3.63, 3.8) is 0 Å². The van der Waals surface area contributed by atoms with Crippen molar-refractivity contribution in [1.29, 1.82) is 5.26 Å². The van der Waals surface area contributed by atoms with Crippen LogP contribution in [0.3, 0.4) is 0 Å². The fourth-order valence-corrected chi connectivity index (χ4v) is 1.35. The lowest BCUT2D eigenvalue weighted by Gasteiger charge is -2.01. The number of nitriles is 1. The molecular formula is C9H6BrNO. The molecule has 1 aromatic rings. The lowest BCUT2D eigenvalue weighted by molar-refractivity contribution is 0.363. The maximum atomic E-state index is 8.79. The van der Waals surface area contributed by atoms with Crippen molar-refractivity contribution in [1.82, 2.24) is 0 Å². The Morgan fingerprint density at radius 2 is 2.00 bits per heavy atom. The molecule has 60 valence electrons. The van der Waals surface area contributed by atoms with Gasteiger partial charge in [-0.3, -0.25) is 0 Å². The Kier molecular flexibility index (Phi) is 1.67. The molecule has 0 saturated carbocycles. The summed E-state index contributed by atoms with van der Waals surface area (Å²) >= 11 is 3.33. The molecule has 3 heteroatoms. The van der Waals surface area contributed by atoms with E-state index in [9.17, 15) is 0 Å². The predicted octanol–water partition coefficient (Wildman–Crippen LogP) is 2.20. The Hall–Kier alpha value is -0.850. The van der Waals surface area contributed by atoms with Gasteiger partial charge in [0.1, 0.15) is 6.07 Å². The number of benzene rings is 1. The van der Waals surface area contributed by atoms with Crippen molar-refractivity contribution in [3.8, 4) is 6.07 Å². The van der Waals surface area contributed by atoms with Crippen molar-refractivity contribution in [2.24, 2.45) is 0 Å². The average molecular weight is 224 g/mol. The Balaban J connectivity index is 2.37. The van der Waals surface area contributed by atoms with Gasteiger partial charge in [0.2, 0.25) is 5.60 Å². The first-order chi connectivity index (χ1) is 5.77. The standard InChI is InChI=1S/C9H6BrNO/c10-8-3-1-7(2-4-8)9(5-11)6-12-9/h1-4H,6H2. The summed E-state index contributed by atoms with van der Waals surface area (Å²) in [6.45, 7) is 0.519. The van der Waals surface area contributed by atoms with E-state index in [1.165, 1.54) is 0 Å². The molecule has 1 aliphatic heterocycles. The summed E-state index contributed by atoms with van der Waals surface area (Å²) in [7, 11) is 0. The van der Waals surface area contributed by atoms with E-state index in [0.29, 0.717) is 6.61 Å². The molecule has 1 saturated heterocycles. The number of ether oxygens (including phenoxy) is 1. The first-order valence-corrected chi connectivity index (χ1v) is 4.37. The second kappa shape index (κ2) is 2.58. The van der Waals surface area contributed by atoms with Gasteiger partial charge in [0.05, 0.1) is 6.61 Å². The van der Waals surface area contributed by atoms with Crippen molar-refractivity contribution >= 4 is 15.9 Å². The second-order valence-corrected chi connectivity index (χ2v) is 3.65. The predicted molar refractivity (Wildman–Crippen MR) is 47.4 cm³/mol. The molecule has 0 bridgehead atoms. The minimum atomic E-state index is -0.638. The largest absolute Gasteiger partial charge is 0.349 e. The summed E-state index contributed by atoms with van der Waals surface area (Å²) in [5, 5.41) is 8.79. The van der Waals surface area contributed by atoms with Gasteiger partial charge in [-0.25, -0.2) is 0 Å². The zero-order chi connectivity index (χ0) is 8.60. The number of hydrogen-bond donors (Lipinski definition) is 0. The minimum Gasteiger partial charge on any atom is -0.349 e. The molecule has 2 nitrogen and oxygen atoms in total. The highest BCUT2D eigenvalue weighted by Crippen LogP contribution is 2.37. The highest BCUT2D eigenvalue weighted by Gasteiger charge is 2.47. The van der Waals surface area contributed by atoms with E-state index in [1.54, 1.807) is 0 Å². The molecule has 0 aromatic heterocycles. The maximum absolute atomic E-state index is 8.79. The van der Waals surface area contributed by atoms with Crippen molar-refractivity contribution in [2.75, 3.05) is 6.61 Å². The molecule has 1 aliphatic rings. The molecule has 1 unspecified atom stereocenters. The normalized spacial score (nSPS) is 26.3. The Bertz CT molecular complexity index is 335. The van der Waals surface area contributed by atoms with E-state index in [-0.39, 0.29) is 0 Å². The van der Waals surface area contributed by atoms with Crippen LogP contribution >= 0.6 is 15.9 Å². The summed E-state index contributed by atoms with van der Waals surface area (Å²) in [4.78, 5) is 0. The summed E-state index contributed by atoms with van der Waals surface area (Å²) in [6, 6.07) is 9.78. The molecule has 1 aromatic carbocycles. The molecule has 0 N–H and O–H groups in total. The molecule has 1 fully saturated rings. The zero-order valence-electron chi connectivity index (χ0n) is 6.25. The molecule has 0 spiro atoms. The monoisotopic (exact) mass is 223 g/mol. The third-order valence-corrected chi connectivity index (χ3v) is 2.45. The fourth-order valence-electron chi connectivity index (χ4n) is 1.09. The summed E-state index contributed by atoms with van der Waals surface area (Å²) in [5.74, 6) is 0. The second-order valence-electron chi connectivity index (χ2n) is 2.73. The average Bonchev–Trinajstić information content (AvgIpc) is 2.86. The van der Waals surface area contributed by atoms with Crippen LogP contribution in [0, 0.1) is 11.3 Å². The van der Waals surface area contributed by atoms with Crippen molar-refractivity contribution < 1.29 is 4.74 Å². The van der Waals surface area contributed by atoms with E-state index in [1.807, 2.05) is 24.3 Å². The third kappa shape index (κ3) is 1.13.